The zero-order chi connectivity index (χ0) is 73.9. The van der Waals surface area contributed by atoms with Crippen molar-refractivity contribution < 1.29 is 42.9 Å². The molecule has 0 radical (unpaired) electrons. The standard InChI is InChI=1S/C93H163NO8/c1-6-8-10-12-14-16-18-20-22-24-26-28-30-32-34-36-38-40-42-44-45-46-48-49-51-53-55-57-59-61-63-65-67-69-71-73-75-77-79-81-83-90(95)100-87-89(88-101-93(92(97)98)99-86-85-94(3,4)5)102-91(96)84-82-80-78-76-74-72-70-68-66-64-62-60-58-56-54-52-50-47-43-41-39-37-35-33-31-29-27-25-23-21-19-17-15-13-11-9-7-2/h9,11,15,17,21,23,27,29,33,35,39,41,47,50,54,56,60,62,66,68,89,93H,6-8,10,12-14,16,18-20,22,24-26,28,30-32,34,36-38,40,42-46,48-49,51-53,55,57-59,61,63-65,67,69-88H2,1-5H3/b11-9-,17-15-,23-21-,29-27-,35-33-,41-39-,50-47-,56-54-,62-60-,68-66-. The number of carbonyl (C=O) groups excluding carboxylic acids is 3. The summed E-state index contributed by atoms with van der Waals surface area (Å²) in [6.45, 7) is 4.66. The van der Waals surface area contributed by atoms with Crippen LogP contribution in [0.3, 0.4) is 0 Å². The third kappa shape index (κ3) is 83.0. The number of allylic oxidation sites excluding steroid dienone is 20. The van der Waals surface area contributed by atoms with Crippen molar-refractivity contribution in [3.05, 3.63) is 122 Å². The Hall–Kier alpha value is -4.31. The fourth-order valence-electron chi connectivity index (χ4n) is 12.5. The van der Waals surface area contributed by atoms with Crippen molar-refractivity contribution >= 4 is 17.9 Å². The van der Waals surface area contributed by atoms with E-state index in [1.165, 1.54) is 238 Å². The molecular formula is C93H163NO8. The van der Waals surface area contributed by atoms with E-state index in [0.717, 1.165) is 122 Å². The molecule has 0 fully saturated rings. The van der Waals surface area contributed by atoms with Gasteiger partial charge in [0.1, 0.15) is 13.2 Å². The maximum Gasteiger partial charge on any atom is 0.306 e. The molecule has 0 aromatic rings. The fourth-order valence-corrected chi connectivity index (χ4v) is 12.5. The number of hydrogen-bond acceptors (Lipinski definition) is 8. The highest BCUT2D eigenvalue weighted by Gasteiger charge is 2.22. The zero-order valence-electron chi connectivity index (χ0n) is 67.5. The number of carbonyl (C=O) groups is 3. The van der Waals surface area contributed by atoms with E-state index in [-0.39, 0.29) is 38.6 Å². The molecule has 0 aliphatic heterocycles. The molecular weight excluding hydrogens is 1260 g/mol. The number of rotatable bonds is 80. The van der Waals surface area contributed by atoms with E-state index in [2.05, 4.69) is 135 Å². The van der Waals surface area contributed by atoms with Gasteiger partial charge in [0.25, 0.3) is 0 Å². The van der Waals surface area contributed by atoms with Crippen LogP contribution in [-0.4, -0.2) is 82.3 Å². The third-order valence-corrected chi connectivity index (χ3v) is 19.0. The van der Waals surface area contributed by atoms with Gasteiger partial charge in [0.15, 0.2) is 12.4 Å². The number of esters is 2. The van der Waals surface area contributed by atoms with Crippen LogP contribution in [0, 0.1) is 0 Å². The van der Waals surface area contributed by atoms with E-state index >= 15 is 0 Å². The molecule has 0 saturated carbocycles. The van der Waals surface area contributed by atoms with Gasteiger partial charge in [-0.1, -0.05) is 411 Å². The van der Waals surface area contributed by atoms with E-state index in [4.69, 9.17) is 18.9 Å². The first-order valence-electron chi connectivity index (χ1n) is 43.2. The summed E-state index contributed by atoms with van der Waals surface area (Å²) in [6.07, 6.45) is 115. The number of quaternary nitrogens is 1. The minimum Gasteiger partial charge on any atom is -0.545 e. The summed E-state index contributed by atoms with van der Waals surface area (Å²) in [6, 6.07) is 0. The monoisotopic (exact) mass is 1420 g/mol. The van der Waals surface area contributed by atoms with Crippen LogP contribution >= 0.6 is 0 Å². The molecule has 9 heteroatoms. The van der Waals surface area contributed by atoms with Gasteiger partial charge in [-0.25, -0.2) is 0 Å². The van der Waals surface area contributed by atoms with Crippen molar-refractivity contribution in [2.45, 2.75) is 405 Å². The van der Waals surface area contributed by atoms with Gasteiger partial charge in [0.05, 0.1) is 40.3 Å². The summed E-state index contributed by atoms with van der Waals surface area (Å²) in [7, 11) is 5.93. The van der Waals surface area contributed by atoms with Gasteiger partial charge in [-0.3, -0.25) is 9.59 Å². The van der Waals surface area contributed by atoms with Gasteiger partial charge in [-0.05, 0) is 89.9 Å². The number of ether oxygens (including phenoxy) is 4. The molecule has 0 heterocycles. The smallest absolute Gasteiger partial charge is 0.306 e. The van der Waals surface area contributed by atoms with Crippen LogP contribution in [-0.2, 0) is 33.3 Å². The number of nitrogens with zero attached hydrogens (tertiary/aromatic N) is 1. The van der Waals surface area contributed by atoms with Gasteiger partial charge in [-0.15, -0.1) is 0 Å². The van der Waals surface area contributed by atoms with Crippen molar-refractivity contribution in [3.8, 4) is 0 Å². The Kier molecular flexibility index (Phi) is 78.9. The largest absolute Gasteiger partial charge is 0.545 e. The van der Waals surface area contributed by atoms with E-state index < -0.39 is 24.3 Å². The lowest BCUT2D eigenvalue weighted by atomic mass is 10.0. The lowest BCUT2D eigenvalue weighted by Gasteiger charge is -2.26. The van der Waals surface area contributed by atoms with Gasteiger partial charge in [0, 0.05) is 12.8 Å². The maximum atomic E-state index is 13.0. The highest BCUT2D eigenvalue weighted by molar-refractivity contribution is 5.70. The SMILES string of the molecule is CC/C=C\C/C=C\C/C=C\C/C=C\C/C=C\C/C=C\C/C=C\C/C=C\C/C=C\C/C=C\CCCCCCCCC(=O)OC(COC(=O)CCCCCCCCCCCCCCCCCCCCCCCCCCCCCCCCCCCCCCCCCC)COC(OCC[N+](C)(C)C)C(=O)[O-]. The minimum atomic E-state index is -1.63. The molecule has 0 N–H and O–H groups in total. The van der Waals surface area contributed by atoms with Crippen molar-refractivity contribution in [2.75, 3.05) is 47.5 Å². The summed E-state index contributed by atoms with van der Waals surface area (Å²) in [4.78, 5) is 37.6. The molecule has 0 aliphatic rings. The molecule has 9 nitrogen and oxygen atoms in total. The Balaban J connectivity index is 4.02. The number of aliphatic carboxylic acids is 1. The van der Waals surface area contributed by atoms with Gasteiger partial charge < -0.3 is 33.3 Å². The van der Waals surface area contributed by atoms with Gasteiger partial charge >= 0.3 is 11.9 Å². The highest BCUT2D eigenvalue weighted by atomic mass is 16.7. The summed E-state index contributed by atoms with van der Waals surface area (Å²) in [5, 5.41) is 11.9. The van der Waals surface area contributed by atoms with Crippen LogP contribution in [0.15, 0.2) is 122 Å². The molecule has 588 valence electrons. The van der Waals surface area contributed by atoms with Gasteiger partial charge in [0.2, 0.25) is 0 Å². The number of unbranched alkanes of at least 4 members (excludes halogenated alkanes) is 45. The highest BCUT2D eigenvalue weighted by Crippen LogP contribution is 2.20. The van der Waals surface area contributed by atoms with Crippen LogP contribution in [0.25, 0.3) is 0 Å². The maximum absolute atomic E-state index is 13.0. The van der Waals surface area contributed by atoms with Crippen LogP contribution in [0.2, 0.25) is 0 Å². The average molecular weight is 1420 g/mol. The molecule has 0 bridgehead atoms. The summed E-state index contributed by atoms with van der Waals surface area (Å²) in [5.41, 5.74) is 0. The number of likely N-dealkylation sites (N-methyl/N-ethyl adjacent to an activating group) is 1. The Labute approximate surface area is 631 Å². The summed E-state index contributed by atoms with van der Waals surface area (Å²) in [5.74, 6) is -2.29. The molecule has 0 aromatic carbocycles. The molecule has 0 amide bonds. The first-order valence-corrected chi connectivity index (χ1v) is 43.2. The first-order chi connectivity index (χ1) is 50.1. The molecule has 2 unspecified atom stereocenters. The second-order valence-electron chi connectivity index (χ2n) is 30.1. The van der Waals surface area contributed by atoms with Crippen molar-refractivity contribution in [2.24, 2.45) is 0 Å². The van der Waals surface area contributed by atoms with Crippen LogP contribution in [0.4, 0.5) is 0 Å². The van der Waals surface area contributed by atoms with Crippen molar-refractivity contribution in [3.63, 3.8) is 0 Å². The summed E-state index contributed by atoms with van der Waals surface area (Å²) >= 11 is 0. The second kappa shape index (κ2) is 82.3. The molecule has 0 rings (SSSR count). The number of carboxylic acids is 1. The van der Waals surface area contributed by atoms with Gasteiger partial charge in [-0.2, -0.15) is 0 Å². The summed E-state index contributed by atoms with van der Waals surface area (Å²) < 4.78 is 22.9. The topological polar surface area (TPSA) is 111 Å². The predicted octanol–water partition coefficient (Wildman–Crippen LogP) is 26.9. The van der Waals surface area contributed by atoms with E-state index in [1.54, 1.807) is 0 Å². The zero-order valence-corrected chi connectivity index (χ0v) is 67.5. The second-order valence-corrected chi connectivity index (χ2v) is 30.1. The van der Waals surface area contributed by atoms with Crippen molar-refractivity contribution in [1.29, 1.82) is 0 Å². The lowest BCUT2D eigenvalue weighted by molar-refractivity contribution is -0.870. The Morgan fingerprint density at radius 1 is 0.304 bits per heavy atom. The third-order valence-electron chi connectivity index (χ3n) is 19.0. The van der Waals surface area contributed by atoms with E-state index in [1.807, 2.05) is 21.1 Å². The molecule has 0 saturated heterocycles. The Morgan fingerprint density at radius 2 is 0.559 bits per heavy atom. The molecule has 2 atom stereocenters. The van der Waals surface area contributed by atoms with Crippen LogP contribution in [0.1, 0.15) is 393 Å². The average Bonchev–Trinajstić information content (AvgIpc) is 1.02. The number of carboxylic acid groups (broad SMARTS) is 1. The first kappa shape index (κ1) is 97.7. The molecule has 0 spiro atoms. The van der Waals surface area contributed by atoms with Crippen LogP contribution in [0.5, 0.6) is 0 Å². The Bertz CT molecular complexity index is 2100. The van der Waals surface area contributed by atoms with Crippen molar-refractivity contribution in [1.82, 2.24) is 0 Å². The predicted molar refractivity (Wildman–Crippen MR) is 440 cm³/mol. The molecule has 0 aromatic heterocycles. The number of hydrogen-bond donors (Lipinski definition) is 0. The van der Waals surface area contributed by atoms with Crippen LogP contribution < -0.4 is 5.11 Å². The molecule has 102 heavy (non-hydrogen) atoms. The quantitative estimate of drug-likeness (QED) is 0.0195. The Morgan fingerprint density at radius 3 is 0.833 bits per heavy atom. The lowest BCUT2D eigenvalue weighted by Crippen LogP contribution is -2.44. The normalized spacial score (nSPS) is 13.2. The molecule has 0 aliphatic carbocycles. The van der Waals surface area contributed by atoms with E-state index in [0.29, 0.717) is 17.4 Å². The van der Waals surface area contributed by atoms with E-state index in [9.17, 15) is 19.5 Å². The fraction of sp³-hybridized carbons (Fsp3) is 0.753. The minimum absolute atomic E-state index is 0.140.